The fourth-order valence-electron chi connectivity index (χ4n) is 1.47. The van der Waals surface area contributed by atoms with E-state index >= 15 is 0 Å². The Morgan fingerprint density at radius 2 is 2.11 bits per heavy atom. The zero-order valence-corrected chi connectivity index (χ0v) is 9.88. The van der Waals surface area contributed by atoms with Crippen LogP contribution in [0.2, 0.25) is 0 Å². The fraction of sp³-hybridized carbons (Fsp3) is 0.0769. The van der Waals surface area contributed by atoms with E-state index in [1.54, 1.807) is 24.4 Å². The van der Waals surface area contributed by atoms with Crippen LogP contribution < -0.4 is 15.8 Å². The van der Waals surface area contributed by atoms with E-state index in [-0.39, 0.29) is 5.91 Å². The van der Waals surface area contributed by atoms with Crippen LogP contribution in [0.1, 0.15) is 6.92 Å². The lowest BCUT2D eigenvalue weighted by atomic mass is 10.3. The van der Waals surface area contributed by atoms with Gasteiger partial charge in [-0.15, -0.1) is 0 Å². The summed E-state index contributed by atoms with van der Waals surface area (Å²) in [5.74, 6) is 0.907. The molecule has 2 rings (SSSR count). The quantitative estimate of drug-likeness (QED) is 0.867. The first-order chi connectivity index (χ1) is 8.65. The number of carbonyl (C=O) groups is 1. The van der Waals surface area contributed by atoms with Crippen molar-refractivity contribution in [2.24, 2.45) is 0 Å². The number of anilines is 2. The summed E-state index contributed by atoms with van der Waals surface area (Å²) < 4.78 is 5.63. The molecular formula is C13H13N3O2. The number of rotatable bonds is 3. The molecule has 1 heterocycles. The Morgan fingerprint density at radius 1 is 1.33 bits per heavy atom. The molecule has 0 aliphatic rings. The molecule has 1 aromatic carbocycles. The summed E-state index contributed by atoms with van der Waals surface area (Å²) in [6, 6.07) is 8.82. The second kappa shape index (κ2) is 5.18. The number of ether oxygens (including phenoxy) is 1. The molecule has 1 amide bonds. The van der Waals surface area contributed by atoms with Gasteiger partial charge in [-0.2, -0.15) is 0 Å². The summed E-state index contributed by atoms with van der Waals surface area (Å²) in [6.07, 6.45) is 3.09. The highest BCUT2D eigenvalue weighted by atomic mass is 16.5. The smallest absolute Gasteiger partial charge is 0.221 e. The van der Waals surface area contributed by atoms with E-state index in [0.717, 1.165) is 0 Å². The normalized spacial score (nSPS) is 9.83. The first-order valence-corrected chi connectivity index (χ1v) is 5.40. The third-order valence-electron chi connectivity index (χ3n) is 2.16. The average Bonchev–Trinajstić information content (AvgIpc) is 2.31. The monoisotopic (exact) mass is 243 g/mol. The number of amides is 1. The molecule has 18 heavy (non-hydrogen) atoms. The topological polar surface area (TPSA) is 77.2 Å². The Hall–Kier alpha value is -2.56. The number of nitrogens with zero attached hydrogens (tertiary/aromatic N) is 1. The van der Waals surface area contributed by atoms with Gasteiger partial charge in [0.25, 0.3) is 0 Å². The van der Waals surface area contributed by atoms with Gasteiger partial charge in [-0.3, -0.25) is 9.78 Å². The summed E-state index contributed by atoms with van der Waals surface area (Å²) >= 11 is 0. The van der Waals surface area contributed by atoms with Crippen molar-refractivity contribution >= 4 is 17.3 Å². The first kappa shape index (κ1) is 11.9. The molecule has 0 atom stereocenters. The number of nitrogen functional groups attached to an aromatic ring is 1. The van der Waals surface area contributed by atoms with Crippen LogP contribution in [0.5, 0.6) is 11.5 Å². The molecule has 0 fully saturated rings. The van der Waals surface area contributed by atoms with Crippen molar-refractivity contribution in [3.63, 3.8) is 0 Å². The predicted octanol–water partition coefficient (Wildman–Crippen LogP) is 2.41. The number of hydrogen-bond donors (Lipinski definition) is 2. The molecule has 0 bridgehead atoms. The van der Waals surface area contributed by atoms with Crippen molar-refractivity contribution in [2.75, 3.05) is 11.1 Å². The van der Waals surface area contributed by atoms with Crippen molar-refractivity contribution in [3.8, 4) is 11.5 Å². The van der Waals surface area contributed by atoms with Crippen molar-refractivity contribution < 1.29 is 9.53 Å². The minimum Gasteiger partial charge on any atom is -0.453 e. The predicted molar refractivity (Wildman–Crippen MR) is 69.5 cm³/mol. The second-order valence-corrected chi connectivity index (χ2v) is 3.73. The van der Waals surface area contributed by atoms with Crippen LogP contribution in [0, 0.1) is 0 Å². The maximum Gasteiger partial charge on any atom is 0.221 e. The van der Waals surface area contributed by atoms with Crippen molar-refractivity contribution in [1.82, 2.24) is 4.98 Å². The van der Waals surface area contributed by atoms with E-state index in [9.17, 15) is 4.79 Å². The zero-order valence-electron chi connectivity index (χ0n) is 9.88. The molecule has 0 saturated carbocycles. The van der Waals surface area contributed by atoms with Crippen LogP contribution in [-0.2, 0) is 4.79 Å². The third kappa shape index (κ3) is 2.98. The number of hydrogen-bond acceptors (Lipinski definition) is 4. The zero-order chi connectivity index (χ0) is 13.0. The van der Waals surface area contributed by atoms with Gasteiger partial charge in [0.15, 0.2) is 5.75 Å². The number of nitrogens with one attached hydrogen (secondary N) is 1. The molecule has 0 aliphatic heterocycles. The van der Waals surface area contributed by atoms with Gasteiger partial charge in [0.2, 0.25) is 5.91 Å². The van der Waals surface area contributed by atoms with Crippen molar-refractivity contribution in [2.45, 2.75) is 6.92 Å². The van der Waals surface area contributed by atoms with Gasteiger partial charge in [0, 0.05) is 13.0 Å². The molecule has 0 radical (unpaired) electrons. The Kier molecular flexibility index (Phi) is 3.43. The van der Waals surface area contributed by atoms with E-state index in [1.807, 2.05) is 12.1 Å². The van der Waals surface area contributed by atoms with Gasteiger partial charge in [0.1, 0.15) is 5.75 Å². The molecule has 2 aromatic rings. The maximum atomic E-state index is 11.1. The van der Waals surface area contributed by atoms with Crippen LogP contribution in [0.3, 0.4) is 0 Å². The highest BCUT2D eigenvalue weighted by molar-refractivity contribution is 5.90. The van der Waals surface area contributed by atoms with Crippen molar-refractivity contribution in [3.05, 3.63) is 42.7 Å². The van der Waals surface area contributed by atoms with Crippen LogP contribution in [0.15, 0.2) is 42.7 Å². The largest absolute Gasteiger partial charge is 0.453 e. The Morgan fingerprint density at radius 3 is 2.83 bits per heavy atom. The number of pyridine rings is 1. The summed E-state index contributed by atoms with van der Waals surface area (Å²) in [4.78, 5) is 15.0. The molecule has 5 heteroatoms. The Labute approximate surface area is 105 Å². The lowest BCUT2D eigenvalue weighted by molar-refractivity contribution is -0.114. The maximum absolute atomic E-state index is 11.1. The van der Waals surface area contributed by atoms with Crippen LogP contribution in [0.25, 0.3) is 0 Å². The van der Waals surface area contributed by atoms with Gasteiger partial charge >= 0.3 is 0 Å². The molecule has 5 nitrogen and oxygen atoms in total. The van der Waals surface area contributed by atoms with Crippen molar-refractivity contribution in [1.29, 1.82) is 0 Å². The van der Waals surface area contributed by atoms with Gasteiger partial charge in [0.05, 0.1) is 23.8 Å². The van der Waals surface area contributed by atoms with Crippen LogP contribution in [-0.4, -0.2) is 10.9 Å². The first-order valence-electron chi connectivity index (χ1n) is 5.40. The molecule has 0 spiro atoms. The van der Waals surface area contributed by atoms with Gasteiger partial charge in [-0.25, -0.2) is 0 Å². The number of benzene rings is 1. The number of nitrogens with two attached hydrogens (primary N) is 1. The Bertz CT molecular complexity index is 570. The lowest BCUT2D eigenvalue weighted by Crippen LogP contribution is -2.06. The summed E-state index contributed by atoms with van der Waals surface area (Å²) in [5, 5.41) is 2.69. The summed E-state index contributed by atoms with van der Waals surface area (Å²) in [7, 11) is 0. The van der Waals surface area contributed by atoms with Gasteiger partial charge in [-0.05, 0) is 12.1 Å². The molecule has 3 N–H and O–H groups in total. The molecule has 0 unspecified atom stereocenters. The van der Waals surface area contributed by atoms with E-state index in [1.165, 1.54) is 13.1 Å². The highest BCUT2D eigenvalue weighted by Gasteiger charge is 2.05. The SMILES string of the molecule is CC(=O)Nc1ccccc1Oc1cncc(N)c1. The molecule has 0 saturated heterocycles. The van der Waals surface area contributed by atoms with Crippen LogP contribution >= 0.6 is 0 Å². The minimum atomic E-state index is -0.156. The van der Waals surface area contributed by atoms with Crippen LogP contribution in [0.4, 0.5) is 11.4 Å². The highest BCUT2D eigenvalue weighted by Crippen LogP contribution is 2.29. The molecule has 92 valence electrons. The second-order valence-electron chi connectivity index (χ2n) is 3.73. The third-order valence-corrected chi connectivity index (χ3v) is 2.16. The number of carbonyl (C=O) groups excluding carboxylic acids is 1. The van der Waals surface area contributed by atoms with Gasteiger partial charge in [-0.1, -0.05) is 12.1 Å². The average molecular weight is 243 g/mol. The van der Waals surface area contributed by atoms with E-state index < -0.39 is 0 Å². The lowest BCUT2D eigenvalue weighted by Gasteiger charge is -2.11. The molecular weight excluding hydrogens is 230 g/mol. The van der Waals surface area contributed by atoms with E-state index in [4.69, 9.17) is 10.5 Å². The minimum absolute atomic E-state index is 0.156. The fourth-order valence-corrected chi connectivity index (χ4v) is 1.47. The number of aromatic nitrogens is 1. The summed E-state index contributed by atoms with van der Waals surface area (Å²) in [6.45, 7) is 1.44. The molecule has 0 aliphatic carbocycles. The van der Waals surface area contributed by atoms with E-state index in [2.05, 4.69) is 10.3 Å². The molecule has 1 aromatic heterocycles. The Balaban J connectivity index is 2.26. The number of para-hydroxylation sites is 2. The standard InChI is InChI=1S/C13H13N3O2/c1-9(17)16-12-4-2-3-5-13(12)18-11-6-10(14)7-15-8-11/h2-8H,14H2,1H3,(H,16,17). The van der Waals surface area contributed by atoms with E-state index in [0.29, 0.717) is 22.9 Å². The summed E-state index contributed by atoms with van der Waals surface area (Å²) in [5.41, 5.74) is 6.74. The van der Waals surface area contributed by atoms with Gasteiger partial charge < -0.3 is 15.8 Å².